The number of nitrogens with zero attached hydrogens (tertiary/aromatic N) is 3. The summed E-state index contributed by atoms with van der Waals surface area (Å²) in [5, 5.41) is 18.0. The van der Waals surface area contributed by atoms with E-state index in [1.165, 1.54) is 6.33 Å². The Labute approximate surface area is 173 Å². The maximum atomic E-state index is 11.7. The predicted molar refractivity (Wildman–Crippen MR) is 114 cm³/mol. The van der Waals surface area contributed by atoms with Crippen molar-refractivity contribution in [2.24, 2.45) is 0 Å². The monoisotopic (exact) mass is 413 g/mol. The molecule has 0 spiro atoms. The molecular weight excluding hydrogens is 394 g/mol. The zero-order chi connectivity index (χ0) is 20.6. The lowest BCUT2D eigenvalue weighted by molar-refractivity contribution is -0.383. The van der Waals surface area contributed by atoms with Crippen LogP contribution < -0.4 is 15.4 Å². The number of anilines is 4. The summed E-state index contributed by atoms with van der Waals surface area (Å²) in [5.74, 6) is 0.849. The molecule has 0 fully saturated rings. The molecule has 8 nitrogen and oxygen atoms in total. The van der Waals surface area contributed by atoms with E-state index in [9.17, 15) is 10.1 Å². The van der Waals surface area contributed by atoms with Crippen molar-refractivity contribution >= 4 is 40.3 Å². The van der Waals surface area contributed by atoms with Crippen molar-refractivity contribution in [1.29, 1.82) is 0 Å². The third kappa shape index (κ3) is 5.32. The minimum absolute atomic E-state index is 0.0418. The van der Waals surface area contributed by atoms with Crippen LogP contribution in [0.4, 0.5) is 28.7 Å². The minimum Gasteiger partial charge on any atom is -0.494 e. The van der Waals surface area contributed by atoms with E-state index in [1.54, 1.807) is 48.5 Å². The predicted octanol–water partition coefficient (Wildman–Crippen LogP) is 5.70. The van der Waals surface area contributed by atoms with E-state index >= 15 is 0 Å². The van der Waals surface area contributed by atoms with Gasteiger partial charge in [0, 0.05) is 5.69 Å². The molecule has 0 amide bonds. The Bertz CT molecular complexity index is 982. The smallest absolute Gasteiger partial charge is 0.353 e. The highest BCUT2D eigenvalue weighted by molar-refractivity contribution is 6.33. The maximum Gasteiger partial charge on any atom is 0.353 e. The zero-order valence-corrected chi connectivity index (χ0v) is 16.5. The van der Waals surface area contributed by atoms with E-state index in [0.717, 1.165) is 18.6 Å². The fourth-order valence-electron chi connectivity index (χ4n) is 2.53. The lowest BCUT2D eigenvalue weighted by Crippen LogP contribution is -2.05. The van der Waals surface area contributed by atoms with Crippen LogP contribution in [0.1, 0.15) is 19.8 Å². The number of nitrogens with one attached hydrogen (secondary N) is 2. The molecule has 2 aromatic carbocycles. The Morgan fingerprint density at radius 2 is 1.76 bits per heavy atom. The lowest BCUT2D eigenvalue weighted by Gasteiger charge is -2.11. The SMILES string of the molecule is CCCCOc1ccc(Nc2ncnc(Nc3ccccc3Cl)c2[N+](=O)[O-])cc1. The molecule has 2 N–H and O–H groups in total. The first-order valence-electron chi connectivity index (χ1n) is 9.09. The molecule has 0 aliphatic heterocycles. The van der Waals surface area contributed by atoms with Gasteiger partial charge in [0.25, 0.3) is 0 Å². The summed E-state index contributed by atoms with van der Waals surface area (Å²) < 4.78 is 5.63. The second-order valence-electron chi connectivity index (χ2n) is 6.13. The molecule has 3 rings (SSSR count). The highest BCUT2D eigenvalue weighted by atomic mass is 35.5. The minimum atomic E-state index is -0.538. The Kier molecular flexibility index (Phi) is 6.80. The number of hydrogen-bond donors (Lipinski definition) is 2. The highest BCUT2D eigenvalue weighted by Gasteiger charge is 2.23. The van der Waals surface area contributed by atoms with Gasteiger partial charge in [-0.2, -0.15) is 0 Å². The molecule has 0 aliphatic carbocycles. The Morgan fingerprint density at radius 3 is 2.41 bits per heavy atom. The third-order valence-electron chi connectivity index (χ3n) is 4.02. The van der Waals surface area contributed by atoms with Gasteiger partial charge in [-0.3, -0.25) is 10.1 Å². The molecule has 0 saturated carbocycles. The number of rotatable bonds is 9. The van der Waals surface area contributed by atoms with E-state index in [0.29, 0.717) is 23.0 Å². The first-order valence-corrected chi connectivity index (χ1v) is 9.47. The van der Waals surface area contributed by atoms with E-state index in [2.05, 4.69) is 27.5 Å². The molecule has 0 atom stereocenters. The maximum absolute atomic E-state index is 11.7. The van der Waals surface area contributed by atoms with Crippen LogP contribution in [0.3, 0.4) is 0 Å². The van der Waals surface area contributed by atoms with Gasteiger partial charge in [0.15, 0.2) is 0 Å². The van der Waals surface area contributed by atoms with E-state index < -0.39 is 4.92 Å². The van der Waals surface area contributed by atoms with Crippen molar-refractivity contribution in [1.82, 2.24) is 9.97 Å². The lowest BCUT2D eigenvalue weighted by atomic mass is 10.3. The quantitative estimate of drug-likeness (QED) is 0.263. The average molecular weight is 414 g/mol. The zero-order valence-electron chi connectivity index (χ0n) is 15.8. The average Bonchev–Trinajstić information content (AvgIpc) is 2.71. The molecule has 150 valence electrons. The second-order valence-corrected chi connectivity index (χ2v) is 6.54. The van der Waals surface area contributed by atoms with Gasteiger partial charge in [-0.15, -0.1) is 0 Å². The van der Waals surface area contributed by atoms with E-state index in [4.69, 9.17) is 16.3 Å². The summed E-state index contributed by atoms with van der Waals surface area (Å²) >= 11 is 6.13. The number of ether oxygens (including phenoxy) is 1. The Balaban J connectivity index is 1.82. The van der Waals surface area contributed by atoms with Crippen LogP contribution in [0.5, 0.6) is 5.75 Å². The molecule has 29 heavy (non-hydrogen) atoms. The first kappa shape index (κ1) is 20.3. The van der Waals surface area contributed by atoms with Crippen LogP contribution in [0.15, 0.2) is 54.9 Å². The number of benzene rings is 2. The van der Waals surface area contributed by atoms with Gasteiger partial charge in [0.2, 0.25) is 11.6 Å². The Morgan fingerprint density at radius 1 is 1.07 bits per heavy atom. The van der Waals surface area contributed by atoms with Crippen LogP contribution in [0, 0.1) is 10.1 Å². The van der Waals surface area contributed by atoms with E-state index in [1.807, 2.05) is 0 Å². The van der Waals surface area contributed by atoms with Crippen LogP contribution >= 0.6 is 11.6 Å². The second kappa shape index (κ2) is 9.70. The number of aromatic nitrogens is 2. The summed E-state index contributed by atoms with van der Waals surface area (Å²) in [6, 6.07) is 14.1. The van der Waals surface area contributed by atoms with Crippen molar-refractivity contribution in [3.8, 4) is 5.75 Å². The number of unbranched alkanes of at least 4 members (excludes halogenated alkanes) is 1. The molecule has 0 unspecified atom stereocenters. The molecule has 0 radical (unpaired) electrons. The van der Waals surface area contributed by atoms with Gasteiger partial charge in [-0.25, -0.2) is 9.97 Å². The van der Waals surface area contributed by atoms with Crippen LogP contribution in [-0.4, -0.2) is 21.5 Å². The van der Waals surface area contributed by atoms with E-state index in [-0.39, 0.29) is 17.3 Å². The molecule has 0 bridgehead atoms. The van der Waals surface area contributed by atoms with Crippen molar-refractivity contribution in [2.75, 3.05) is 17.2 Å². The van der Waals surface area contributed by atoms with Crippen LogP contribution in [0.25, 0.3) is 0 Å². The molecule has 0 aliphatic rings. The summed E-state index contributed by atoms with van der Waals surface area (Å²) in [6.07, 6.45) is 3.28. The van der Waals surface area contributed by atoms with Gasteiger partial charge in [0.05, 0.1) is 22.2 Å². The van der Waals surface area contributed by atoms with Gasteiger partial charge in [-0.05, 0) is 42.8 Å². The number of nitro groups is 1. The van der Waals surface area contributed by atoms with Gasteiger partial charge >= 0.3 is 5.69 Å². The highest BCUT2D eigenvalue weighted by Crippen LogP contribution is 2.34. The van der Waals surface area contributed by atoms with Gasteiger partial charge < -0.3 is 15.4 Å². The number of para-hydroxylation sites is 1. The molecule has 0 saturated heterocycles. The fourth-order valence-corrected chi connectivity index (χ4v) is 2.71. The Hall–Kier alpha value is -3.39. The van der Waals surface area contributed by atoms with Gasteiger partial charge in [0.1, 0.15) is 12.1 Å². The van der Waals surface area contributed by atoms with Crippen molar-refractivity contribution in [2.45, 2.75) is 19.8 Å². The molecule has 1 aromatic heterocycles. The van der Waals surface area contributed by atoms with Crippen molar-refractivity contribution in [3.05, 3.63) is 70.0 Å². The van der Waals surface area contributed by atoms with Crippen LogP contribution in [0.2, 0.25) is 5.02 Å². The molecule has 1 heterocycles. The molecule has 9 heteroatoms. The summed E-state index contributed by atoms with van der Waals surface area (Å²) in [6.45, 7) is 2.75. The molecular formula is C20H20ClN5O3. The summed E-state index contributed by atoms with van der Waals surface area (Å²) in [7, 11) is 0. The normalized spacial score (nSPS) is 10.4. The van der Waals surface area contributed by atoms with Crippen molar-refractivity contribution in [3.63, 3.8) is 0 Å². The molecule has 3 aromatic rings. The fraction of sp³-hybridized carbons (Fsp3) is 0.200. The largest absolute Gasteiger partial charge is 0.494 e. The van der Waals surface area contributed by atoms with Crippen LogP contribution in [-0.2, 0) is 0 Å². The first-order chi connectivity index (χ1) is 14.1. The number of halogens is 1. The summed E-state index contributed by atoms with van der Waals surface area (Å²) in [4.78, 5) is 19.2. The topological polar surface area (TPSA) is 102 Å². The van der Waals surface area contributed by atoms with Crippen molar-refractivity contribution < 1.29 is 9.66 Å². The standard InChI is InChI=1S/C20H20ClN5O3/c1-2-3-12-29-15-10-8-14(9-11-15)24-19-18(26(27)28)20(23-13-22-19)25-17-7-5-4-6-16(17)21/h4-11,13H,2-3,12H2,1H3,(H2,22,23,24,25). The third-order valence-corrected chi connectivity index (χ3v) is 4.35. The summed E-state index contributed by atoms with van der Waals surface area (Å²) in [5.41, 5.74) is 0.865. The number of hydrogen-bond acceptors (Lipinski definition) is 7. The van der Waals surface area contributed by atoms with Gasteiger partial charge in [-0.1, -0.05) is 37.1 Å².